The van der Waals surface area contributed by atoms with Gasteiger partial charge in [-0.2, -0.15) is 9.78 Å². The van der Waals surface area contributed by atoms with E-state index in [1.54, 1.807) is 11.8 Å². The zero-order valence-corrected chi connectivity index (χ0v) is 15.9. The van der Waals surface area contributed by atoms with Gasteiger partial charge in [0.15, 0.2) is 0 Å². The Morgan fingerprint density at radius 2 is 1.92 bits per heavy atom. The summed E-state index contributed by atoms with van der Waals surface area (Å²) in [7, 11) is 1.65. The molecule has 1 aromatic carbocycles. The first-order chi connectivity index (χ1) is 12.5. The second-order valence-corrected chi connectivity index (χ2v) is 7.05. The lowest BCUT2D eigenvalue weighted by molar-refractivity contribution is 0.415. The van der Waals surface area contributed by atoms with Crippen LogP contribution in [-0.2, 0) is 0 Å². The lowest BCUT2D eigenvalue weighted by Gasteiger charge is -2.07. The predicted octanol–water partition coefficient (Wildman–Crippen LogP) is 4.29. The fourth-order valence-corrected chi connectivity index (χ4v) is 3.76. The Morgan fingerprint density at radius 1 is 1.08 bits per heavy atom. The number of fused-ring (bicyclic) bond motifs is 1. The highest BCUT2D eigenvalue weighted by Crippen LogP contribution is 2.30. The molecule has 26 heavy (non-hydrogen) atoms. The van der Waals surface area contributed by atoms with Crippen molar-refractivity contribution in [3.05, 3.63) is 47.0 Å². The summed E-state index contributed by atoms with van der Waals surface area (Å²) in [6.07, 6.45) is 0. The zero-order valence-electron chi connectivity index (χ0n) is 14.3. The van der Waals surface area contributed by atoms with Gasteiger partial charge in [0.25, 0.3) is 0 Å². The van der Waals surface area contributed by atoms with Gasteiger partial charge in [-0.1, -0.05) is 11.3 Å². The van der Waals surface area contributed by atoms with Crippen LogP contribution in [0.25, 0.3) is 15.3 Å². The molecule has 7 nitrogen and oxygen atoms in total. The molecule has 3 heterocycles. The van der Waals surface area contributed by atoms with E-state index in [4.69, 9.17) is 16.3 Å². The van der Waals surface area contributed by atoms with Crippen molar-refractivity contribution in [1.82, 2.24) is 24.7 Å². The quantitative estimate of drug-likeness (QED) is 0.527. The third-order valence-corrected chi connectivity index (χ3v) is 4.84. The second kappa shape index (κ2) is 6.54. The van der Waals surface area contributed by atoms with Gasteiger partial charge in [0.2, 0.25) is 10.4 Å². The minimum absolute atomic E-state index is 0.197. The highest BCUT2D eigenvalue weighted by atomic mass is 35.5. The van der Waals surface area contributed by atoms with Gasteiger partial charge in [0.05, 0.1) is 23.0 Å². The van der Waals surface area contributed by atoms with Crippen LogP contribution < -0.4 is 10.1 Å². The summed E-state index contributed by atoms with van der Waals surface area (Å²) in [5.74, 6) is 2.16. The molecule has 0 aliphatic heterocycles. The van der Waals surface area contributed by atoms with Crippen LogP contribution in [0.15, 0.2) is 30.3 Å². The average molecular weight is 387 g/mol. The van der Waals surface area contributed by atoms with E-state index in [0.29, 0.717) is 5.82 Å². The largest absolute Gasteiger partial charge is 0.497 e. The van der Waals surface area contributed by atoms with Crippen LogP contribution in [0, 0.1) is 13.8 Å². The van der Waals surface area contributed by atoms with Gasteiger partial charge in [-0.05, 0) is 43.6 Å². The van der Waals surface area contributed by atoms with Crippen molar-refractivity contribution in [3.63, 3.8) is 0 Å². The smallest absolute Gasteiger partial charge is 0.224 e. The van der Waals surface area contributed by atoms with Crippen LogP contribution in [0.5, 0.6) is 5.75 Å². The highest BCUT2D eigenvalue weighted by Gasteiger charge is 2.14. The third-order valence-electron chi connectivity index (χ3n) is 3.68. The number of nitrogens with zero attached hydrogens (tertiary/aromatic N) is 5. The number of ether oxygens (including phenoxy) is 1. The van der Waals surface area contributed by atoms with E-state index in [1.807, 2.05) is 44.2 Å². The summed E-state index contributed by atoms with van der Waals surface area (Å²) in [6, 6.07) is 9.55. The third kappa shape index (κ3) is 3.21. The molecular weight excluding hydrogens is 372 g/mol. The molecular formula is C17H15ClN6OS. The van der Waals surface area contributed by atoms with Crippen molar-refractivity contribution in [2.45, 2.75) is 13.8 Å². The number of aryl methyl sites for hydroxylation is 2. The van der Waals surface area contributed by atoms with Gasteiger partial charge in [0, 0.05) is 17.8 Å². The molecule has 3 aromatic heterocycles. The molecule has 4 aromatic rings. The fourth-order valence-electron chi connectivity index (χ4n) is 2.57. The molecule has 0 unspecified atom stereocenters. The van der Waals surface area contributed by atoms with E-state index in [1.165, 1.54) is 11.3 Å². The number of benzene rings is 1. The number of halogens is 1. The summed E-state index contributed by atoms with van der Waals surface area (Å²) >= 11 is 7.49. The van der Waals surface area contributed by atoms with Crippen LogP contribution in [-0.4, -0.2) is 31.8 Å². The van der Waals surface area contributed by atoms with Gasteiger partial charge in [-0.15, -0.1) is 0 Å². The Bertz CT molecular complexity index is 1090. The number of nitrogens with one attached hydrogen (secondary N) is 1. The molecule has 0 radical (unpaired) electrons. The number of aromatic nitrogens is 5. The first-order valence-electron chi connectivity index (χ1n) is 7.81. The van der Waals surface area contributed by atoms with Crippen molar-refractivity contribution in [3.8, 4) is 10.9 Å². The molecule has 0 bridgehead atoms. The van der Waals surface area contributed by atoms with E-state index >= 15 is 0 Å². The van der Waals surface area contributed by atoms with E-state index in [9.17, 15) is 0 Å². The van der Waals surface area contributed by atoms with Crippen molar-refractivity contribution in [2.24, 2.45) is 0 Å². The minimum atomic E-state index is 0.197. The molecule has 0 saturated carbocycles. The summed E-state index contributed by atoms with van der Waals surface area (Å²) in [4.78, 5) is 13.0. The number of anilines is 2. The minimum Gasteiger partial charge on any atom is -0.497 e. The second-order valence-electron chi connectivity index (χ2n) is 5.70. The van der Waals surface area contributed by atoms with Crippen molar-refractivity contribution >= 4 is 44.8 Å². The zero-order chi connectivity index (χ0) is 18.3. The van der Waals surface area contributed by atoms with E-state index in [-0.39, 0.29) is 5.28 Å². The van der Waals surface area contributed by atoms with E-state index < -0.39 is 0 Å². The van der Waals surface area contributed by atoms with Crippen molar-refractivity contribution in [1.29, 1.82) is 0 Å². The Labute approximate surface area is 158 Å². The summed E-state index contributed by atoms with van der Waals surface area (Å²) < 4.78 is 8.07. The maximum Gasteiger partial charge on any atom is 0.224 e. The number of hydrogen-bond acceptors (Lipinski definition) is 7. The normalized spacial score (nSPS) is 11.1. The molecule has 1 N–H and O–H groups in total. The van der Waals surface area contributed by atoms with Gasteiger partial charge in [0.1, 0.15) is 17.4 Å². The molecule has 0 spiro atoms. The fraction of sp³-hybridized carbons (Fsp3) is 0.176. The highest BCUT2D eigenvalue weighted by molar-refractivity contribution is 7.20. The number of methoxy groups -OCH3 is 1. The lowest BCUT2D eigenvalue weighted by atomic mass is 10.3. The molecule has 4 rings (SSSR count). The first-order valence-corrected chi connectivity index (χ1v) is 9.01. The summed E-state index contributed by atoms with van der Waals surface area (Å²) in [6.45, 7) is 3.79. The van der Waals surface area contributed by atoms with Crippen LogP contribution in [0.3, 0.4) is 0 Å². The van der Waals surface area contributed by atoms with Crippen LogP contribution in [0.2, 0.25) is 5.28 Å². The van der Waals surface area contributed by atoms with E-state index in [2.05, 4.69) is 25.4 Å². The Balaban J connectivity index is 1.75. The van der Waals surface area contributed by atoms with Crippen LogP contribution in [0.4, 0.5) is 11.6 Å². The van der Waals surface area contributed by atoms with Gasteiger partial charge < -0.3 is 10.1 Å². The maximum atomic E-state index is 5.95. The average Bonchev–Trinajstić information content (AvgIpc) is 3.16. The van der Waals surface area contributed by atoms with Crippen molar-refractivity contribution < 1.29 is 4.74 Å². The topological polar surface area (TPSA) is 77.8 Å². The van der Waals surface area contributed by atoms with Gasteiger partial charge >= 0.3 is 0 Å². The van der Waals surface area contributed by atoms with Gasteiger partial charge in [-0.25, -0.2) is 15.0 Å². The number of thiazole rings is 1. The lowest BCUT2D eigenvalue weighted by Crippen LogP contribution is -2.04. The Hall–Kier alpha value is -2.71. The summed E-state index contributed by atoms with van der Waals surface area (Å²) in [5, 5.41) is 8.75. The predicted molar refractivity (Wildman–Crippen MR) is 103 cm³/mol. The molecule has 0 atom stereocenters. The molecule has 9 heteroatoms. The molecule has 0 aliphatic carbocycles. The monoisotopic (exact) mass is 386 g/mol. The first kappa shape index (κ1) is 16.7. The molecule has 132 valence electrons. The standard InChI is InChI=1S/C17H15ClN6OS/c1-9-6-14(22-16(18)19-9)21-15-7-10(2)23-24(15)17-20-12-5-4-11(25-3)8-13(12)26-17/h4-8H,1-3H3,(H,19,21,22). The molecule has 0 saturated heterocycles. The number of rotatable bonds is 4. The van der Waals surface area contributed by atoms with Crippen LogP contribution >= 0.6 is 22.9 Å². The Morgan fingerprint density at radius 3 is 2.69 bits per heavy atom. The Kier molecular flexibility index (Phi) is 4.21. The van der Waals surface area contributed by atoms with Crippen LogP contribution in [0.1, 0.15) is 11.4 Å². The SMILES string of the molecule is COc1ccc2nc(-n3nc(C)cc3Nc3cc(C)nc(Cl)n3)sc2c1. The van der Waals surface area contributed by atoms with E-state index in [0.717, 1.165) is 38.3 Å². The molecule has 0 fully saturated rings. The maximum absolute atomic E-state index is 5.95. The molecule has 0 aliphatic rings. The summed E-state index contributed by atoms with van der Waals surface area (Å²) in [5.41, 5.74) is 2.54. The molecule has 0 amide bonds. The van der Waals surface area contributed by atoms with Crippen molar-refractivity contribution in [2.75, 3.05) is 12.4 Å². The number of hydrogen-bond donors (Lipinski definition) is 1. The van der Waals surface area contributed by atoms with Gasteiger partial charge in [-0.3, -0.25) is 0 Å².